The number of sulfonamides is 1. The smallest absolute Gasteiger partial charge is 0.279 e. The third kappa shape index (κ3) is 2.69. The molecule has 1 N–H and O–H groups in total. The van der Waals surface area contributed by atoms with Gasteiger partial charge >= 0.3 is 0 Å². The van der Waals surface area contributed by atoms with Crippen molar-refractivity contribution in [1.82, 2.24) is 14.9 Å². The molecule has 7 nitrogen and oxygen atoms in total. The van der Waals surface area contributed by atoms with Crippen molar-refractivity contribution in [2.24, 2.45) is 7.05 Å². The minimum atomic E-state index is -3.78. The molecule has 124 valence electrons. The summed E-state index contributed by atoms with van der Waals surface area (Å²) in [6.07, 6.45) is 3.49. The number of aromatic nitrogens is 3. The van der Waals surface area contributed by atoms with Crippen LogP contribution in [0.2, 0.25) is 0 Å². The molecule has 1 aliphatic rings. The molecule has 1 aliphatic carbocycles. The minimum absolute atomic E-state index is 0.129. The lowest BCUT2D eigenvalue weighted by Gasteiger charge is -2.07. The first-order valence-corrected chi connectivity index (χ1v) is 9.10. The lowest BCUT2D eigenvalue weighted by Crippen LogP contribution is -2.16. The zero-order valence-electron chi connectivity index (χ0n) is 13.0. The maximum atomic E-state index is 12.7. The monoisotopic (exact) mass is 344 g/mol. The summed E-state index contributed by atoms with van der Waals surface area (Å²) in [5.41, 5.74) is 1.87. The van der Waals surface area contributed by atoms with Crippen molar-refractivity contribution in [3.63, 3.8) is 0 Å². The summed E-state index contributed by atoms with van der Waals surface area (Å²) in [5.74, 6) is 0.763. The van der Waals surface area contributed by atoms with E-state index in [2.05, 4.69) is 15.0 Å². The Hall–Kier alpha value is -2.61. The number of hydrogen-bond acceptors (Lipinski definition) is 5. The van der Waals surface area contributed by atoms with E-state index in [1.807, 2.05) is 30.3 Å². The number of aryl methyl sites for hydroxylation is 1. The zero-order valence-corrected chi connectivity index (χ0v) is 13.8. The van der Waals surface area contributed by atoms with Crippen molar-refractivity contribution < 1.29 is 12.9 Å². The average Bonchev–Trinajstić information content (AvgIpc) is 3.19. The molecule has 1 saturated carbocycles. The molecule has 2 aromatic heterocycles. The van der Waals surface area contributed by atoms with Crippen LogP contribution in [0.25, 0.3) is 11.3 Å². The lowest BCUT2D eigenvalue weighted by molar-refractivity contribution is 0.432. The molecule has 0 aliphatic heterocycles. The van der Waals surface area contributed by atoms with Gasteiger partial charge in [0.25, 0.3) is 10.0 Å². The Balaban J connectivity index is 1.67. The maximum absolute atomic E-state index is 12.7. The molecule has 0 saturated heterocycles. The van der Waals surface area contributed by atoms with Gasteiger partial charge in [-0.15, -0.1) is 0 Å². The van der Waals surface area contributed by atoms with Crippen LogP contribution < -0.4 is 4.72 Å². The Bertz CT molecular complexity index is 972. The van der Waals surface area contributed by atoms with Crippen molar-refractivity contribution in [1.29, 1.82) is 0 Å². The van der Waals surface area contributed by atoms with Crippen molar-refractivity contribution in [3.05, 3.63) is 48.3 Å². The molecule has 0 bridgehead atoms. The molecule has 4 rings (SSSR count). The molecular weight excluding hydrogens is 328 g/mol. The van der Waals surface area contributed by atoms with Crippen molar-refractivity contribution >= 4 is 15.7 Å². The fourth-order valence-corrected chi connectivity index (χ4v) is 3.81. The number of rotatable bonds is 5. The summed E-state index contributed by atoms with van der Waals surface area (Å²) < 4.78 is 34.6. The van der Waals surface area contributed by atoms with Crippen LogP contribution in [0.3, 0.4) is 0 Å². The summed E-state index contributed by atoms with van der Waals surface area (Å²) in [5, 5.41) is 8.15. The molecule has 0 spiro atoms. The fourth-order valence-electron chi connectivity index (χ4n) is 2.61. The van der Waals surface area contributed by atoms with E-state index in [1.165, 1.54) is 10.9 Å². The number of anilines is 1. The molecule has 0 radical (unpaired) electrons. The zero-order chi connectivity index (χ0) is 16.7. The number of benzene rings is 1. The Morgan fingerprint density at radius 1 is 1.25 bits per heavy atom. The Morgan fingerprint density at radius 3 is 2.71 bits per heavy atom. The van der Waals surface area contributed by atoms with Crippen LogP contribution in [0.4, 0.5) is 5.69 Å². The first-order valence-electron chi connectivity index (χ1n) is 7.61. The number of nitrogens with one attached hydrogen (secondary N) is 1. The van der Waals surface area contributed by atoms with Gasteiger partial charge < -0.3 is 4.52 Å². The fraction of sp³-hybridized carbons (Fsp3) is 0.250. The second-order valence-corrected chi connectivity index (χ2v) is 7.47. The van der Waals surface area contributed by atoms with E-state index in [0.717, 1.165) is 24.1 Å². The highest BCUT2D eigenvalue weighted by Crippen LogP contribution is 2.40. The van der Waals surface area contributed by atoms with Gasteiger partial charge in [0.2, 0.25) is 0 Å². The van der Waals surface area contributed by atoms with Gasteiger partial charge in [-0.1, -0.05) is 35.5 Å². The van der Waals surface area contributed by atoms with Gasteiger partial charge in [0.1, 0.15) is 5.69 Å². The first kappa shape index (κ1) is 14.9. The van der Waals surface area contributed by atoms with E-state index in [9.17, 15) is 8.42 Å². The highest BCUT2D eigenvalue weighted by Gasteiger charge is 2.30. The predicted molar refractivity (Wildman–Crippen MR) is 87.9 cm³/mol. The highest BCUT2D eigenvalue weighted by atomic mass is 32.2. The molecule has 3 aromatic rings. The maximum Gasteiger partial charge on any atom is 0.279 e. The predicted octanol–water partition coefficient (Wildman–Crippen LogP) is 2.75. The van der Waals surface area contributed by atoms with Gasteiger partial charge in [-0.25, -0.2) is 0 Å². The van der Waals surface area contributed by atoms with E-state index in [0.29, 0.717) is 17.4 Å². The van der Waals surface area contributed by atoms with Crippen LogP contribution in [0, 0.1) is 0 Å². The molecule has 1 aromatic carbocycles. The van der Waals surface area contributed by atoms with Crippen LogP contribution in [0.15, 0.2) is 52.1 Å². The molecule has 8 heteroatoms. The van der Waals surface area contributed by atoms with Crippen molar-refractivity contribution in [3.8, 4) is 11.3 Å². The minimum Gasteiger partial charge on any atom is -0.354 e. The molecular formula is C16H16N4O3S. The van der Waals surface area contributed by atoms with Gasteiger partial charge in [-0.2, -0.15) is 13.5 Å². The second-order valence-electron chi connectivity index (χ2n) is 5.85. The van der Waals surface area contributed by atoms with Crippen molar-refractivity contribution in [2.45, 2.75) is 23.8 Å². The van der Waals surface area contributed by atoms with Gasteiger partial charge in [-0.3, -0.25) is 9.40 Å². The van der Waals surface area contributed by atoms with E-state index in [-0.39, 0.29) is 5.03 Å². The molecule has 24 heavy (non-hydrogen) atoms. The number of nitrogens with zero attached hydrogens (tertiary/aromatic N) is 3. The van der Waals surface area contributed by atoms with Crippen LogP contribution in [-0.2, 0) is 17.1 Å². The largest absolute Gasteiger partial charge is 0.354 e. The van der Waals surface area contributed by atoms with E-state index < -0.39 is 10.0 Å². The first-order chi connectivity index (χ1) is 11.5. The van der Waals surface area contributed by atoms with E-state index in [4.69, 9.17) is 4.52 Å². The summed E-state index contributed by atoms with van der Waals surface area (Å²) >= 11 is 0. The Morgan fingerprint density at radius 2 is 2.00 bits per heavy atom. The van der Waals surface area contributed by atoms with E-state index >= 15 is 0 Å². The van der Waals surface area contributed by atoms with E-state index in [1.54, 1.807) is 13.1 Å². The Kier molecular flexibility index (Phi) is 3.42. The van der Waals surface area contributed by atoms with Crippen molar-refractivity contribution in [2.75, 3.05) is 4.72 Å². The van der Waals surface area contributed by atoms with Crippen LogP contribution in [0.5, 0.6) is 0 Å². The quantitative estimate of drug-likeness (QED) is 0.768. The topological polar surface area (TPSA) is 90.0 Å². The second kappa shape index (κ2) is 5.48. The van der Waals surface area contributed by atoms with Crippen LogP contribution in [0.1, 0.15) is 24.5 Å². The Labute approximate surface area is 139 Å². The van der Waals surface area contributed by atoms with Gasteiger partial charge in [0, 0.05) is 24.6 Å². The van der Waals surface area contributed by atoms with Crippen LogP contribution in [-0.4, -0.2) is 23.4 Å². The summed E-state index contributed by atoms with van der Waals surface area (Å²) in [7, 11) is -2.15. The molecule has 0 unspecified atom stereocenters. The normalized spacial score (nSPS) is 14.7. The highest BCUT2D eigenvalue weighted by molar-refractivity contribution is 7.92. The molecule has 1 fully saturated rings. The third-order valence-corrected chi connectivity index (χ3v) is 5.40. The van der Waals surface area contributed by atoms with Crippen LogP contribution >= 0.6 is 0 Å². The van der Waals surface area contributed by atoms with Gasteiger partial charge in [0.15, 0.2) is 10.8 Å². The summed E-state index contributed by atoms with van der Waals surface area (Å²) in [6.45, 7) is 0. The summed E-state index contributed by atoms with van der Waals surface area (Å²) in [6, 6.07) is 10.9. The number of hydrogen-bond donors (Lipinski definition) is 1. The molecule has 2 heterocycles. The lowest BCUT2D eigenvalue weighted by atomic mass is 10.1. The SMILES string of the molecule is Cn1nc(C2CC2)cc1S(=O)(=O)Nc1cnoc1-c1ccccc1. The standard InChI is InChI=1S/C16H16N4O3S/c1-20-15(9-13(18-20)11-7-8-11)24(21,22)19-14-10-17-23-16(14)12-5-3-2-4-6-12/h2-6,9-11,19H,7-8H2,1H3. The summed E-state index contributed by atoms with van der Waals surface area (Å²) in [4.78, 5) is 0. The third-order valence-electron chi connectivity index (χ3n) is 3.98. The van der Waals surface area contributed by atoms with Gasteiger partial charge in [0.05, 0.1) is 11.9 Å². The average molecular weight is 344 g/mol. The molecule has 0 amide bonds. The molecule has 0 atom stereocenters. The van der Waals surface area contributed by atoms with Gasteiger partial charge in [-0.05, 0) is 12.8 Å².